The number of imidazole rings is 1. The summed E-state index contributed by atoms with van der Waals surface area (Å²) in [5, 5.41) is 13.2. The Hall–Kier alpha value is -3.16. The van der Waals surface area contributed by atoms with Crippen LogP contribution >= 0.6 is 0 Å². The number of ether oxygens (including phenoxy) is 3. The Morgan fingerprint density at radius 2 is 2.06 bits per heavy atom. The summed E-state index contributed by atoms with van der Waals surface area (Å²) in [5.41, 5.74) is -0.456. The van der Waals surface area contributed by atoms with Crippen molar-refractivity contribution in [3.8, 4) is 0 Å². The molecule has 0 bridgehead atoms. The predicted octanol–water partition coefficient (Wildman–Crippen LogP) is -0.100. The molecule has 180 valence electrons. The Balaban J connectivity index is 1.82. The zero-order valence-electron chi connectivity index (χ0n) is 18.7. The number of hydrogen-bond acceptors (Lipinski definition) is 10. The van der Waals surface area contributed by atoms with Gasteiger partial charge in [-0.1, -0.05) is 13.8 Å². The quantitative estimate of drug-likeness (QED) is 0.424. The molecule has 1 fully saturated rings. The lowest BCUT2D eigenvalue weighted by molar-refractivity contribution is -0.150. The molecule has 0 saturated carbocycles. The second-order valence-corrected chi connectivity index (χ2v) is 8.02. The molecule has 1 aliphatic heterocycles. The summed E-state index contributed by atoms with van der Waals surface area (Å²) < 4.78 is 17.8. The summed E-state index contributed by atoms with van der Waals surface area (Å²) in [6.45, 7) is 4.50. The number of fused-ring (bicyclic) bond motifs is 1. The Morgan fingerprint density at radius 1 is 1.33 bits per heavy atom. The lowest BCUT2D eigenvalue weighted by Gasteiger charge is -2.20. The molecule has 33 heavy (non-hydrogen) atoms. The number of nitrogens with zero attached hydrogens (tertiary/aromatic N) is 3. The number of aromatic amines is 1. The highest BCUT2D eigenvalue weighted by molar-refractivity contribution is 5.91. The summed E-state index contributed by atoms with van der Waals surface area (Å²) in [6, 6.07) is 0. The maximum Gasteiger partial charge on any atom is 0.306 e. The van der Waals surface area contributed by atoms with Crippen LogP contribution in [-0.2, 0) is 28.6 Å². The Labute approximate surface area is 188 Å². The van der Waals surface area contributed by atoms with Gasteiger partial charge in [0.15, 0.2) is 17.4 Å². The topological polar surface area (TPSA) is 175 Å². The van der Waals surface area contributed by atoms with Gasteiger partial charge in [-0.2, -0.15) is 4.98 Å². The van der Waals surface area contributed by atoms with Crippen LogP contribution in [0.15, 0.2) is 11.1 Å². The Bertz CT molecular complexity index is 1090. The molecule has 13 nitrogen and oxygen atoms in total. The predicted molar refractivity (Wildman–Crippen MR) is 113 cm³/mol. The van der Waals surface area contributed by atoms with Crippen molar-refractivity contribution >= 4 is 34.8 Å². The summed E-state index contributed by atoms with van der Waals surface area (Å²) in [7, 11) is 1.37. The van der Waals surface area contributed by atoms with Crippen LogP contribution < -0.4 is 10.9 Å². The van der Waals surface area contributed by atoms with Crippen molar-refractivity contribution in [3.63, 3.8) is 0 Å². The maximum absolute atomic E-state index is 12.4. The number of amides is 1. The average Bonchev–Trinajstić information content (AvgIpc) is 3.31. The smallest absolute Gasteiger partial charge is 0.306 e. The number of Topliss-reactive ketones (excluding diaryl/α,β-unsaturated/α-hetero) is 1. The minimum Gasteiger partial charge on any atom is -0.463 e. The second kappa shape index (κ2) is 10.2. The van der Waals surface area contributed by atoms with Gasteiger partial charge in [0.2, 0.25) is 11.9 Å². The molecule has 2 aromatic rings. The van der Waals surface area contributed by atoms with Gasteiger partial charge in [0.25, 0.3) is 5.56 Å². The van der Waals surface area contributed by atoms with E-state index in [2.05, 4.69) is 20.3 Å². The van der Waals surface area contributed by atoms with Gasteiger partial charge in [0.1, 0.15) is 30.7 Å². The lowest BCUT2D eigenvalue weighted by Crippen LogP contribution is -2.35. The molecule has 0 unspecified atom stereocenters. The van der Waals surface area contributed by atoms with Crippen molar-refractivity contribution in [3.05, 3.63) is 16.7 Å². The van der Waals surface area contributed by atoms with E-state index < -0.39 is 36.1 Å². The fourth-order valence-corrected chi connectivity index (χ4v) is 3.29. The van der Waals surface area contributed by atoms with Gasteiger partial charge in [-0.15, -0.1) is 0 Å². The van der Waals surface area contributed by atoms with Crippen LogP contribution in [-0.4, -0.2) is 74.3 Å². The number of rotatable bonds is 9. The number of aliphatic hydroxyl groups is 1. The van der Waals surface area contributed by atoms with E-state index in [0.29, 0.717) is 0 Å². The van der Waals surface area contributed by atoms with E-state index in [1.54, 1.807) is 13.8 Å². The van der Waals surface area contributed by atoms with Gasteiger partial charge in [0.05, 0.1) is 12.7 Å². The number of H-pyrrole nitrogens is 1. The first kappa shape index (κ1) is 24.5. The van der Waals surface area contributed by atoms with E-state index >= 15 is 0 Å². The standard InChI is InChI=1S/C20H27N5O8/c1-9(2)17(29)23-20-22-16-13(18(30)24-20)21-8-25(16)19-15(31-4)14(28)11(33-19)7-32-12(27)6-5-10(3)26/h8-9,11,14-15,19,28H,5-7H2,1-4H3,(H2,22,23,24,29,30)/t11-,14-,15-,19-/m1/s1. The van der Waals surface area contributed by atoms with Crippen molar-refractivity contribution in [1.82, 2.24) is 19.5 Å². The highest BCUT2D eigenvalue weighted by atomic mass is 16.6. The van der Waals surface area contributed by atoms with Crippen LogP contribution in [0.5, 0.6) is 0 Å². The maximum atomic E-state index is 12.4. The molecule has 1 amide bonds. The van der Waals surface area contributed by atoms with Crippen molar-refractivity contribution < 1.29 is 33.7 Å². The normalized spacial score (nSPS) is 22.6. The van der Waals surface area contributed by atoms with Crippen LogP contribution in [0.4, 0.5) is 5.95 Å². The third-order valence-electron chi connectivity index (χ3n) is 5.15. The number of aliphatic hydroxyl groups excluding tert-OH is 1. The highest BCUT2D eigenvalue weighted by Crippen LogP contribution is 2.33. The molecule has 2 aromatic heterocycles. The number of nitrogens with one attached hydrogen (secondary N) is 2. The number of methoxy groups -OCH3 is 1. The van der Waals surface area contributed by atoms with Crippen LogP contribution in [0.2, 0.25) is 0 Å². The minimum atomic E-state index is -1.17. The highest BCUT2D eigenvalue weighted by Gasteiger charge is 2.46. The van der Waals surface area contributed by atoms with Crippen LogP contribution in [0.3, 0.4) is 0 Å². The number of ketones is 1. The molecule has 0 aromatic carbocycles. The summed E-state index contributed by atoms with van der Waals surface area (Å²) in [6.07, 6.45) is -2.63. The molecule has 1 aliphatic rings. The van der Waals surface area contributed by atoms with E-state index in [4.69, 9.17) is 14.2 Å². The minimum absolute atomic E-state index is 0.00426. The molecular formula is C20H27N5O8. The van der Waals surface area contributed by atoms with Crippen molar-refractivity contribution in [2.45, 2.75) is 58.2 Å². The second-order valence-electron chi connectivity index (χ2n) is 8.02. The SMILES string of the molecule is CO[C@@H]1[C@H](O)[C@@H](COC(=O)CCC(C)=O)O[C@H]1n1cnc2c(=O)[nH]c(NC(=O)C(C)C)nc21. The third-order valence-corrected chi connectivity index (χ3v) is 5.15. The molecular weight excluding hydrogens is 438 g/mol. The number of carbonyl (C=O) groups excluding carboxylic acids is 3. The number of aromatic nitrogens is 4. The Kier molecular flexibility index (Phi) is 7.56. The van der Waals surface area contributed by atoms with Gasteiger partial charge in [-0.3, -0.25) is 29.3 Å². The molecule has 0 radical (unpaired) electrons. The summed E-state index contributed by atoms with van der Waals surface area (Å²) in [5.74, 6) is -1.46. The fourth-order valence-electron chi connectivity index (χ4n) is 3.29. The van der Waals surface area contributed by atoms with Crippen LogP contribution in [0.1, 0.15) is 39.8 Å². The summed E-state index contributed by atoms with van der Waals surface area (Å²) >= 11 is 0. The zero-order valence-corrected chi connectivity index (χ0v) is 18.7. The molecule has 13 heteroatoms. The van der Waals surface area contributed by atoms with E-state index in [-0.39, 0.29) is 54.2 Å². The number of carbonyl (C=O) groups is 3. The molecule has 0 spiro atoms. The van der Waals surface area contributed by atoms with Crippen molar-refractivity contribution in [2.75, 3.05) is 19.0 Å². The fraction of sp³-hybridized carbons (Fsp3) is 0.600. The molecule has 0 aliphatic carbocycles. The van der Waals surface area contributed by atoms with Gasteiger partial charge < -0.3 is 24.1 Å². The molecule has 4 atom stereocenters. The van der Waals surface area contributed by atoms with Crippen molar-refractivity contribution in [2.24, 2.45) is 5.92 Å². The van der Waals surface area contributed by atoms with Gasteiger partial charge in [-0.05, 0) is 6.92 Å². The first-order valence-corrected chi connectivity index (χ1v) is 10.4. The molecule has 3 N–H and O–H groups in total. The number of hydrogen-bond donors (Lipinski definition) is 3. The first-order valence-electron chi connectivity index (χ1n) is 10.4. The monoisotopic (exact) mass is 465 g/mol. The zero-order chi connectivity index (χ0) is 24.3. The van der Waals surface area contributed by atoms with Crippen LogP contribution in [0.25, 0.3) is 11.2 Å². The number of esters is 1. The van der Waals surface area contributed by atoms with E-state index in [9.17, 15) is 24.3 Å². The molecule has 3 rings (SSSR count). The molecule has 3 heterocycles. The van der Waals surface area contributed by atoms with Gasteiger partial charge >= 0.3 is 5.97 Å². The third kappa shape index (κ3) is 5.43. The Morgan fingerprint density at radius 3 is 2.70 bits per heavy atom. The van der Waals surface area contributed by atoms with E-state index in [1.165, 1.54) is 24.9 Å². The van der Waals surface area contributed by atoms with Gasteiger partial charge in [-0.25, -0.2) is 4.98 Å². The average molecular weight is 465 g/mol. The first-order chi connectivity index (χ1) is 15.6. The van der Waals surface area contributed by atoms with Crippen molar-refractivity contribution in [1.29, 1.82) is 0 Å². The lowest BCUT2D eigenvalue weighted by atomic mass is 10.1. The van der Waals surface area contributed by atoms with E-state index in [1.807, 2.05) is 0 Å². The largest absolute Gasteiger partial charge is 0.463 e. The van der Waals surface area contributed by atoms with Gasteiger partial charge in [0, 0.05) is 19.4 Å². The molecule has 1 saturated heterocycles. The van der Waals surface area contributed by atoms with Crippen LogP contribution in [0, 0.1) is 5.92 Å². The van der Waals surface area contributed by atoms with E-state index in [0.717, 1.165) is 0 Å². The summed E-state index contributed by atoms with van der Waals surface area (Å²) in [4.78, 5) is 58.0. The number of anilines is 1.